The second kappa shape index (κ2) is 9.33. The van der Waals surface area contributed by atoms with Crippen LogP contribution in [0.5, 0.6) is 0 Å². The van der Waals surface area contributed by atoms with Crippen molar-refractivity contribution < 1.29 is 9.00 Å². The lowest BCUT2D eigenvalue weighted by Gasteiger charge is -2.30. The highest BCUT2D eigenvalue weighted by Crippen LogP contribution is 2.18. The quantitative estimate of drug-likeness (QED) is 0.822. The molecule has 134 valence electrons. The molecule has 0 radical (unpaired) electrons. The van der Waals surface area contributed by atoms with Crippen LogP contribution in [0.3, 0.4) is 0 Å². The summed E-state index contributed by atoms with van der Waals surface area (Å²) in [5, 5.41) is 2.95. The van der Waals surface area contributed by atoms with Crippen LogP contribution in [0.2, 0.25) is 0 Å². The van der Waals surface area contributed by atoms with Crippen molar-refractivity contribution in [2.45, 2.75) is 39.8 Å². The molecule has 0 aromatic heterocycles. The average Bonchev–Trinajstić information content (AvgIpc) is 2.54. The van der Waals surface area contributed by atoms with E-state index in [1.807, 2.05) is 13.0 Å². The van der Waals surface area contributed by atoms with Crippen LogP contribution in [0, 0.1) is 11.8 Å². The van der Waals surface area contributed by atoms with E-state index in [1.165, 1.54) is 31.5 Å². The molecule has 0 bridgehead atoms. The average molecular weight is 351 g/mol. The van der Waals surface area contributed by atoms with Gasteiger partial charge in [0.25, 0.3) is 0 Å². The van der Waals surface area contributed by atoms with Crippen molar-refractivity contribution in [1.29, 1.82) is 0 Å². The molecule has 2 rings (SSSR count). The number of carbonyl (C=O) groups excluding carboxylic acids is 1. The van der Waals surface area contributed by atoms with Crippen LogP contribution in [0.25, 0.3) is 0 Å². The fourth-order valence-electron chi connectivity index (χ4n) is 3.11. The molecule has 24 heavy (non-hydrogen) atoms. The van der Waals surface area contributed by atoms with E-state index in [2.05, 4.69) is 35.3 Å². The fraction of sp³-hybridized carbons (Fsp3) is 0.632. The summed E-state index contributed by atoms with van der Waals surface area (Å²) >= 11 is 0. The highest BCUT2D eigenvalue weighted by Gasteiger charge is 2.16. The molecule has 2 atom stereocenters. The molecule has 0 spiro atoms. The molecule has 5 heteroatoms. The maximum Gasteiger partial charge on any atom is 0.224 e. The third-order valence-electron chi connectivity index (χ3n) is 4.67. The third-order valence-corrected chi connectivity index (χ3v) is 5.64. The Morgan fingerprint density at radius 3 is 2.67 bits per heavy atom. The van der Waals surface area contributed by atoms with Gasteiger partial charge in [0.05, 0.1) is 0 Å². The standard InChI is InChI=1S/C19H30N2O2S/c1-15-7-9-21(10-8-15)13-18-6-4-5-17(11-18)12-20-19(22)16(2)14-24(3)23/h4-6,11,15-16H,7-10,12-14H2,1-3H3,(H,20,22)/t16-,24-/m1/s1. The number of rotatable bonds is 7. The Labute approximate surface area is 148 Å². The van der Waals surface area contributed by atoms with E-state index < -0.39 is 10.8 Å². The Hall–Kier alpha value is -1.20. The zero-order valence-corrected chi connectivity index (χ0v) is 15.9. The summed E-state index contributed by atoms with van der Waals surface area (Å²) in [6, 6.07) is 8.45. The van der Waals surface area contributed by atoms with Gasteiger partial charge >= 0.3 is 0 Å². The number of nitrogens with zero attached hydrogens (tertiary/aromatic N) is 1. The molecule has 1 saturated heterocycles. The highest BCUT2D eigenvalue weighted by atomic mass is 32.2. The van der Waals surface area contributed by atoms with Crippen molar-refractivity contribution >= 4 is 16.7 Å². The molecule has 1 amide bonds. The largest absolute Gasteiger partial charge is 0.352 e. The molecule has 1 heterocycles. The molecule has 1 aliphatic rings. The molecule has 1 N–H and O–H groups in total. The van der Waals surface area contributed by atoms with Crippen molar-refractivity contribution in [1.82, 2.24) is 10.2 Å². The van der Waals surface area contributed by atoms with Gasteiger partial charge in [-0.1, -0.05) is 38.1 Å². The number of hydrogen-bond acceptors (Lipinski definition) is 3. The van der Waals surface area contributed by atoms with Gasteiger partial charge in [-0.3, -0.25) is 13.9 Å². The predicted molar refractivity (Wildman–Crippen MR) is 100 cm³/mol. The summed E-state index contributed by atoms with van der Waals surface area (Å²) in [5.41, 5.74) is 2.43. The number of amides is 1. The Morgan fingerprint density at radius 2 is 2.00 bits per heavy atom. The number of piperidine rings is 1. The number of nitrogens with one attached hydrogen (secondary N) is 1. The van der Waals surface area contributed by atoms with Crippen LogP contribution in [0.15, 0.2) is 24.3 Å². The van der Waals surface area contributed by atoms with Gasteiger partial charge in [0.15, 0.2) is 0 Å². The molecule has 0 saturated carbocycles. The van der Waals surface area contributed by atoms with E-state index in [0.29, 0.717) is 12.3 Å². The lowest BCUT2D eigenvalue weighted by atomic mass is 9.98. The minimum atomic E-state index is -0.941. The first-order valence-electron chi connectivity index (χ1n) is 8.82. The lowest BCUT2D eigenvalue weighted by molar-refractivity contribution is -0.124. The Balaban J connectivity index is 1.84. The molecular weight excluding hydrogens is 320 g/mol. The first-order valence-corrected chi connectivity index (χ1v) is 10.5. The first kappa shape index (κ1) is 19.1. The third kappa shape index (κ3) is 6.36. The van der Waals surface area contributed by atoms with Gasteiger partial charge in [0.2, 0.25) is 5.91 Å². The summed E-state index contributed by atoms with van der Waals surface area (Å²) in [4.78, 5) is 14.5. The second-order valence-corrected chi connectivity index (χ2v) is 8.62. The Morgan fingerprint density at radius 1 is 1.33 bits per heavy atom. The smallest absolute Gasteiger partial charge is 0.224 e. The van der Waals surface area contributed by atoms with Crippen molar-refractivity contribution in [3.05, 3.63) is 35.4 Å². The van der Waals surface area contributed by atoms with Gasteiger partial charge in [-0.15, -0.1) is 0 Å². The minimum absolute atomic E-state index is 0.0272. The first-order chi connectivity index (χ1) is 11.4. The topological polar surface area (TPSA) is 49.4 Å². The minimum Gasteiger partial charge on any atom is -0.352 e. The number of likely N-dealkylation sites (tertiary alicyclic amines) is 1. The van der Waals surface area contributed by atoms with Crippen LogP contribution in [0.4, 0.5) is 0 Å². The Bertz CT molecular complexity index is 568. The van der Waals surface area contributed by atoms with E-state index in [1.54, 1.807) is 6.26 Å². The van der Waals surface area contributed by atoms with Crippen molar-refractivity contribution in [3.63, 3.8) is 0 Å². The number of carbonyl (C=O) groups is 1. The fourth-order valence-corrected chi connectivity index (χ4v) is 3.96. The molecule has 0 unspecified atom stereocenters. The SMILES string of the molecule is CC1CCN(Cc2cccc(CNC(=O)[C@H](C)C[S@@](C)=O)c2)CC1. The molecule has 0 aliphatic carbocycles. The molecule has 1 aliphatic heterocycles. The summed E-state index contributed by atoms with van der Waals surface area (Å²) in [7, 11) is -0.941. The van der Waals surface area contributed by atoms with E-state index in [9.17, 15) is 9.00 Å². The maximum absolute atomic E-state index is 12.0. The highest BCUT2D eigenvalue weighted by molar-refractivity contribution is 7.84. The zero-order valence-electron chi connectivity index (χ0n) is 15.1. The lowest BCUT2D eigenvalue weighted by Crippen LogP contribution is -2.32. The van der Waals surface area contributed by atoms with Crippen LogP contribution in [-0.2, 0) is 28.7 Å². The molecule has 1 aromatic carbocycles. The summed E-state index contributed by atoms with van der Waals surface area (Å²) in [6.45, 7) is 8.02. The molecule has 1 aromatic rings. The molecule has 4 nitrogen and oxygen atoms in total. The van der Waals surface area contributed by atoms with Crippen LogP contribution in [-0.4, -0.2) is 40.1 Å². The van der Waals surface area contributed by atoms with Crippen LogP contribution >= 0.6 is 0 Å². The van der Waals surface area contributed by atoms with Gasteiger partial charge in [-0.25, -0.2) is 0 Å². The van der Waals surface area contributed by atoms with Crippen LogP contribution in [0.1, 0.15) is 37.8 Å². The van der Waals surface area contributed by atoms with Crippen LogP contribution < -0.4 is 5.32 Å². The van der Waals surface area contributed by atoms with E-state index in [4.69, 9.17) is 0 Å². The summed E-state index contributed by atoms with van der Waals surface area (Å²) in [5.74, 6) is 1.02. The zero-order chi connectivity index (χ0) is 17.5. The van der Waals surface area contributed by atoms with E-state index in [-0.39, 0.29) is 11.8 Å². The van der Waals surface area contributed by atoms with Gasteiger partial charge in [0, 0.05) is 41.8 Å². The summed E-state index contributed by atoms with van der Waals surface area (Å²) < 4.78 is 11.2. The normalized spacial score (nSPS) is 19.0. The van der Waals surface area contributed by atoms with E-state index in [0.717, 1.165) is 18.0 Å². The monoisotopic (exact) mass is 350 g/mol. The van der Waals surface area contributed by atoms with Crippen molar-refractivity contribution in [2.75, 3.05) is 25.1 Å². The van der Waals surface area contributed by atoms with Gasteiger partial charge < -0.3 is 5.32 Å². The van der Waals surface area contributed by atoms with E-state index >= 15 is 0 Å². The van der Waals surface area contributed by atoms with Crippen molar-refractivity contribution in [3.8, 4) is 0 Å². The number of benzene rings is 1. The van der Waals surface area contributed by atoms with Gasteiger partial charge in [-0.05, 0) is 43.0 Å². The number of hydrogen-bond donors (Lipinski definition) is 1. The molecular formula is C19H30N2O2S. The van der Waals surface area contributed by atoms with Gasteiger partial charge in [0.1, 0.15) is 0 Å². The van der Waals surface area contributed by atoms with Crippen molar-refractivity contribution in [2.24, 2.45) is 11.8 Å². The molecule has 1 fully saturated rings. The Kier molecular flexibility index (Phi) is 7.43. The summed E-state index contributed by atoms with van der Waals surface area (Å²) in [6.07, 6.45) is 4.20. The predicted octanol–water partition coefficient (Wildman–Crippen LogP) is 2.55. The second-order valence-electron chi connectivity index (χ2n) is 7.14. The van der Waals surface area contributed by atoms with Gasteiger partial charge in [-0.2, -0.15) is 0 Å². The maximum atomic E-state index is 12.0.